The van der Waals surface area contributed by atoms with Crippen molar-refractivity contribution in [3.05, 3.63) is 36.4 Å². The molecule has 0 saturated heterocycles. The summed E-state index contributed by atoms with van der Waals surface area (Å²) in [5, 5.41) is 7.27. The monoisotopic (exact) mass is 375 g/mol. The average molecular weight is 375 g/mol. The fraction of sp³-hybridized carbons (Fsp3) is 0.176. The number of nitrogens with zero attached hydrogens (tertiary/aromatic N) is 2. The first-order valence-electron chi connectivity index (χ1n) is 7.53. The van der Waals surface area contributed by atoms with Crippen LogP contribution in [0.25, 0.3) is 11.0 Å². The van der Waals surface area contributed by atoms with E-state index in [4.69, 9.17) is 18.7 Å². The largest absolute Gasteiger partial charge is 0.493 e. The average Bonchev–Trinajstić information content (AvgIpc) is 3.10. The third-order valence-corrected chi connectivity index (χ3v) is 4.04. The molecule has 2 amide bonds. The number of urea groups is 1. The molecule has 0 bridgehead atoms. The molecule has 0 saturated carbocycles. The second kappa shape index (κ2) is 7.44. The molecule has 0 spiro atoms. The number of ether oxygens (including phenoxy) is 3. The first kappa shape index (κ1) is 17.7. The number of hydrogen-bond donors (Lipinski definition) is 2. The van der Waals surface area contributed by atoms with Gasteiger partial charge >= 0.3 is 6.03 Å². The van der Waals surface area contributed by atoms with Crippen LogP contribution in [-0.2, 0) is 0 Å². The molecule has 1 N–H and O–H groups in total. The van der Waals surface area contributed by atoms with Crippen molar-refractivity contribution in [2.75, 3.05) is 31.0 Å². The molecule has 0 radical (unpaired) electrons. The number of para-hydroxylation sites is 1. The van der Waals surface area contributed by atoms with Gasteiger partial charge in [-0.05, 0) is 12.1 Å². The maximum absolute atomic E-state index is 12.6. The van der Waals surface area contributed by atoms with Gasteiger partial charge in [-0.25, -0.2) is 9.10 Å². The summed E-state index contributed by atoms with van der Waals surface area (Å²) in [6.45, 7) is 0. The minimum absolute atomic E-state index is 0.286. The lowest BCUT2D eigenvalue weighted by Gasteiger charge is -2.17. The molecule has 136 valence electrons. The van der Waals surface area contributed by atoms with Gasteiger partial charge in [-0.2, -0.15) is 0 Å². The van der Waals surface area contributed by atoms with E-state index in [-0.39, 0.29) is 5.82 Å². The van der Waals surface area contributed by atoms with Crippen LogP contribution in [0.4, 0.5) is 16.3 Å². The fourth-order valence-corrected chi connectivity index (χ4v) is 2.65. The number of nitrogens with one attached hydrogen (secondary N) is 1. The van der Waals surface area contributed by atoms with Crippen molar-refractivity contribution in [3.8, 4) is 17.2 Å². The third kappa shape index (κ3) is 3.21. The molecule has 0 aliphatic rings. The first-order valence-corrected chi connectivity index (χ1v) is 7.93. The molecule has 2 aromatic carbocycles. The van der Waals surface area contributed by atoms with E-state index < -0.39 is 6.03 Å². The fourth-order valence-electron chi connectivity index (χ4n) is 2.45. The van der Waals surface area contributed by atoms with Gasteiger partial charge in [0.05, 0.1) is 32.4 Å². The Morgan fingerprint density at radius 2 is 1.77 bits per heavy atom. The minimum Gasteiger partial charge on any atom is -0.493 e. The molecule has 9 heteroatoms. The Bertz CT molecular complexity index is 918. The van der Waals surface area contributed by atoms with E-state index in [2.05, 4.69) is 23.3 Å². The summed E-state index contributed by atoms with van der Waals surface area (Å²) < 4.78 is 22.1. The van der Waals surface area contributed by atoms with Crippen LogP contribution in [0, 0.1) is 0 Å². The van der Waals surface area contributed by atoms with Crippen molar-refractivity contribution in [2.24, 2.45) is 0 Å². The van der Waals surface area contributed by atoms with Crippen molar-refractivity contribution >= 4 is 41.3 Å². The number of rotatable bonds is 5. The molecule has 1 aromatic heterocycles. The van der Waals surface area contributed by atoms with Crippen molar-refractivity contribution in [1.82, 2.24) is 5.16 Å². The van der Waals surface area contributed by atoms with E-state index in [0.29, 0.717) is 33.9 Å². The van der Waals surface area contributed by atoms with E-state index >= 15 is 0 Å². The normalized spacial score (nSPS) is 10.5. The molecular formula is C17H17N3O5S. The Hall–Kier alpha value is -3.07. The highest BCUT2D eigenvalue weighted by Gasteiger charge is 2.21. The molecule has 8 nitrogen and oxygen atoms in total. The lowest BCUT2D eigenvalue weighted by atomic mass is 10.2. The van der Waals surface area contributed by atoms with Crippen LogP contribution < -0.4 is 23.8 Å². The van der Waals surface area contributed by atoms with Crippen molar-refractivity contribution in [3.63, 3.8) is 0 Å². The number of hydrogen-bond acceptors (Lipinski definition) is 7. The maximum atomic E-state index is 12.6. The Morgan fingerprint density at radius 3 is 2.38 bits per heavy atom. The zero-order chi connectivity index (χ0) is 18.7. The van der Waals surface area contributed by atoms with Crippen LogP contribution >= 0.6 is 12.8 Å². The quantitative estimate of drug-likeness (QED) is 0.661. The summed E-state index contributed by atoms with van der Waals surface area (Å²) >= 11 is 4.23. The summed E-state index contributed by atoms with van der Waals surface area (Å²) in [5.74, 6) is 1.55. The highest BCUT2D eigenvalue weighted by atomic mass is 32.1. The Morgan fingerprint density at radius 1 is 1.12 bits per heavy atom. The van der Waals surface area contributed by atoms with Gasteiger partial charge in [0, 0.05) is 12.1 Å². The number of fused-ring (bicyclic) bond motifs is 1. The number of carbonyl (C=O) groups excluding carboxylic acids is 1. The summed E-state index contributed by atoms with van der Waals surface area (Å²) in [6, 6.07) is 9.88. The second-order valence-corrected chi connectivity index (χ2v) is 5.56. The third-order valence-electron chi connectivity index (χ3n) is 3.67. The molecule has 26 heavy (non-hydrogen) atoms. The van der Waals surface area contributed by atoms with Gasteiger partial charge in [-0.15, -0.1) is 0 Å². The number of amides is 2. The number of carbonyl (C=O) groups is 1. The molecular weight excluding hydrogens is 358 g/mol. The van der Waals surface area contributed by atoms with Crippen LogP contribution in [0.1, 0.15) is 0 Å². The van der Waals surface area contributed by atoms with E-state index in [1.54, 1.807) is 24.3 Å². The van der Waals surface area contributed by atoms with E-state index in [1.807, 2.05) is 12.1 Å². The minimum atomic E-state index is -0.526. The number of aromatic nitrogens is 1. The zero-order valence-electron chi connectivity index (χ0n) is 14.3. The van der Waals surface area contributed by atoms with Crippen molar-refractivity contribution in [1.29, 1.82) is 0 Å². The predicted octanol–water partition coefficient (Wildman–Crippen LogP) is 3.74. The Kier molecular flexibility index (Phi) is 5.08. The SMILES string of the molecule is COc1cc(NC(=O)N(S)c2noc3ccccc23)cc(OC)c1OC. The lowest BCUT2D eigenvalue weighted by Crippen LogP contribution is -2.27. The highest BCUT2D eigenvalue weighted by molar-refractivity contribution is 7.82. The molecule has 0 atom stereocenters. The van der Waals surface area contributed by atoms with Crippen LogP contribution in [0.3, 0.4) is 0 Å². The van der Waals surface area contributed by atoms with E-state index in [1.165, 1.54) is 21.3 Å². The van der Waals surface area contributed by atoms with Crippen LogP contribution in [0.15, 0.2) is 40.9 Å². The van der Waals surface area contributed by atoms with Gasteiger partial charge in [-0.1, -0.05) is 30.1 Å². The van der Waals surface area contributed by atoms with Crippen LogP contribution in [0.5, 0.6) is 17.2 Å². The Labute approximate surface area is 155 Å². The molecule has 0 fully saturated rings. The first-order chi connectivity index (χ1) is 12.6. The number of benzene rings is 2. The molecule has 3 aromatic rings. The highest BCUT2D eigenvalue weighted by Crippen LogP contribution is 2.40. The second-order valence-electron chi connectivity index (χ2n) is 5.16. The zero-order valence-corrected chi connectivity index (χ0v) is 15.2. The topological polar surface area (TPSA) is 86.1 Å². The summed E-state index contributed by atoms with van der Waals surface area (Å²) in [4.78, 5) is 12.6. The van der Waals surface area contributed by atoms with Crippen molar-refractivity contribution in [2.45, 2.75) is 0 Å². The lowest BCUT2D eigenvalue weighted by molar-refractivity contribution is 0.260. The van der Waals surface area contributed by atoms with Gasteiger partial charge in [0.25, 0.3) is 0 Å². The maximum Gasteiger partial charge on any atom is 0.337 e. The molecule has 0 aliphatic carbocycles. The van der Waals surface area contributed by atoms with Gasteiger partial charge in [0.2, 0.25) is 5.75 Å². The molecule has 0 aliphatic heterocycles. The molecule has 0 unspecified atom stereocenters. The van der Waals surface area contributed by atoms with E-state index in [0.717, 1.165) is 4.31 Å². The van der Waals surface area contributed by atoms with Crippen molar-refractivity contribution < 1.29 is 23.5 Å². The Balaban J connectivity index is 1.87. The van der Waals surface area contributed by atoms with Gasteiger partial charge in [0.15, 0.2) is 22.9 Å². The number of thiol groups is 1. The van der Waals surface area contributed by atoms with Gasteiger partial charge in [0.1, 0.15) is 0 Å². The van der Waals surface area contributed by atoms with Crippen LogP contribution in [-0.4, -0.2) is 32.5 Å². The van der Waals surface area contributed by atoms with Gasteiger partial charge in [-0.3, -0.25) is 0 Å². The standard InChI is InChI=1S/C17H17N3O5S/c1-22-13-8-10(9-14(23-2)15(13)24-3)18-17(21)20(26)16-11-6-4-5-7-12(11)25-19-16/h4-9,26H,1-3H3,(H,18,21). The summed E-state index contributed by atoms with van der Waals surface area (Å²) in [5.41, 5.74) is 0.999. The van der Waals surface area contributed by atoms with Gasteiger partial charge < -0.3 is 24.1 Å². The number of methoxy groups -OCH3 is 3. The smallest absolute Gasteiger partial charge is 0.337 e. The molecule has 3 rings (SSSR count). The molecule has 1 heterocycles. The summed E-state index contributed by atoms with van der Waals surface area (Å²) in [6.07, 6.45) is 0. The number of anilines is 2. The summed E-state index contributed by atoms with van der Waals surface area (Å²) in [7, 11) is 4.49. The predicted molar refractivity (Wildman–Crippen MR) is 101 cm³/mol. The van der Waals surface area contributed by atoms with E-state index in [9.17, 15) is 4.79 Å². The van der Waals surface area contributed by atoms with Crippen LogP contribution in [0.2, 0.25) is 0 Å².